The Morgan fingerprint density at radius 1 is 1.11 bits per heavy atom. The van der Waals surface area contributed by atoms with Crippen LogP contribution in [0.5, 0.6) is 0 Å². The Bertz CT molecular complexity index is 672. The van der Waals surface area contributed by atoms with Gasteiger partial charge in [-0.3, -0.25) is 4.79 Å². The average Bonchev–Trinajstić information content (AvgIpc) is 3.07. The van der Waals surface area contributed by atoms with E-state index >= 15 is 0 Å². The zero-order valence-electron chi connectivity index (χ0n) is 23.7. The summed E-state index contributed by atoms with van der Waals surface area (Å²) in [6.07, 6.45) is 18.1. The van der Waals surface area contributed by atoms with Gasteiger partial charge in [0.2, 0.25) is 6.41 Å². The lowest BCUT2D eigenvalue weighted by Crippen LogP contribution is -2.51. The molecule has 4 fully saturated rings. The molecule has 1 aliphatic heterocycles. The van der Waals surface area contributed by atoms with E-state index in [0.717, 1.165) is 62.6 Å². The van der Waals surface area contributed by atoms with Crippen molar-refractivity contribution in [2.45, 2.75) is 118 Å². The molecule has 204 valence electrons. The lowest BCUT2D eigenvalue weighted by atomic mass is 9.46. The standard InChI is InChI=1S/C26H48O2S.C4H7NO/c1-7-19-16-21(18-24(3)13-12-22(27)17-23(19)24)26(5)14-11-20(25(26,4)8-2)10-9-15-28-29-6;6-4-5-2-1-3-5/h19-23,27H,7-18H2,1-6H3;4H,1-3H2/t19-,20-,21?,22+,23?,24?,25?,26?;/m0./s1. The quantitative estimate of drug-likeness (QED) is 0.201. The second-order valence-electron chi connectivity index (χ2n) is 13.0. The summed E-state index contributed by atoms with van der Waals surface area (Å²) >= 11 is 1.51. The Morgan fingerprint density at radius 3 is 2.40 bits per heavy atom. The summed E-state index contributed by atoms with van der Waals surface area (Å²) in [6.45, 7) is 15.6. The van der Waals surface area contributed by atoms with Gasteiger partial charge in [0.1, 0.15) is 0 Å². The molecular formula is C30H55NO3S. The molecule has 0 aromatic heterocycles. The Morgan fingerprint density at radius 2 is 1.86 bits per heavy atom. The van der Waals surface area contributed by atoms with Gasteiger partial charge in [0.25, 0.3) is 0 Å². The summed E-state index contributed by atoms with van der Waals surface area (Å²) in [5, 5.41) is 10.4. The lowest BCUT2D eigenvalue weighted by Gasteiger charge is -2.59. The van der Waals surface area contributed by atoms with E-state index in [1.807, 2.05) is 6.26 Å². The number of amides is 1. The molecule has 0 bridgehead atoms. The number of hydrogen-bond donors (Lipinski definition) is 1. The molecule has 1 heterocycles. The molecule has 5 unspecified atom stereocenters. The number of hydrogen-bond acceptors (Lipinski definition) is 4. The van der Waals surface area contributed by atoms with Crippen molar-refractivity contribution < 1.29 is 14.1 Å². The van der Waals surface area contributed by atoms with Gasteiger partial charge in [0.15, 0.2) is 0 Å². The molecule has 0 aromatic carbocycles. The summed E-state index contributed by atoms with van der Waals surface area (Å²) < 4.78 is 5.57. The van der Waals surface area contributed by atoms with E-state index in [-0.39, 0.29) is 6.10 Å². The van der Waals surface area contributed by atoms with E-state index in [4.69, 9.17) is 4.18 Å². The fourth-order valence-corrected chi connectivity index (χ4v) is 9.08. The van der Waals surface area contributed by atoms with Crippen LogP contribution in [0.15, 0.2) is 0 Å². The number of fused-ring (bicyclic) bond motifs is 1. The minimum absolute atomic E-state index is 0.0467. The highest BCUT2D eigenvalue weighted by molar-refractivity contribution is 7.93. The van der Waals surface area contributed by atoms with E-state index in [1.165, 1.54) is 76.3 Å². The number of carbonyl (C=O) groups excluding carboxylic acids is 1. The van der Waals surface area contributed by atoms with Gasteiger partial charge < -0.3 is 14.2 Å². The van der Waals surface area contributed by atoms with Crippen molar-refractivity contribution in [3.05, 3.63) is 0 Å². The van der Waals surface area contributed by atoms with Crippen molar-refractivity contribution in [1.29, 1.82) is 0 Å². The lowest BCUT2D eigenvalue weighted by molar-refractivity contribution is -0.121. The predicted octanol–water partition coefficient (Wildman–Crippen LogP) is 7.35. The molecule has 0 aromatic rings. The van der Waals surface area contributed by atoms with Gasteiger partial charge in [0, 0.05) is 19.3 Å². The number of carbonyl (C=O) groups is 1. The van der Waals surface area contributed by atoms with Crippen molar-refractivity contribution in [2.75, 3.05) is 26.0 Å². The second-order valence-corrected chi connectivity index (χ2v) is 13.6. The summed E-state index contributed by atoms with van der Waals surface area (Å²) in [5.74, 6) is 3.24. The first-order valence-corrected chi connectivity index (χ1v) is 15.8. The first-order chi connectivity index (χ1) is 16.7. The smallest absolute Gasteiger partial charge is 0.209 e. The third-order valence-corrected chi connectivity index (χ3v) is 12.1. The summed E-state index contributed by atoms with van der Waals surface area (Å²) in [4.78, 5) is 11.5. The van der Waals surface area contributed by atoms with E-state index < -0.39 is 0 Å². The van der Waals surface area contributed by atoms with Crippen LogP contribution in [0.4, 0.5) is 0 Å². The summed E-state index contributed by atoms with van der Waals surface area (Å²) in [5.41, 5.74) is 1.36. The maximum absolute atomic E-state index is 10.4. The van der Waals surface area contributed by atoms with E-state index in [0.29, 0.717) is 16.2 Å². The van der Waals surface area contributed by atoms with Gasteiger partial charge in [-0.25, -0.2) is 0 Å². The Hall–Kier alpha value is -0.260. The summed E-state index contributed by atoms with van der Waals surface area (Å²) in [6, 6.07) is 0. The van der Waals surface area contributed by atoms with Crippen LogP contribution in [0, 0.1) is 39.9 Å². The maximum Gasteiger partial charge on any atom is 0.209 e. The van der Waals surface area contributed by atoms with Crippen molar-refractivity contribution in [2.24, 2.45) is 39.9 Å². The molecule has 3 aliphatic carbocycles. The molecule has 3 saturated carbocycles. The highest BCUT2D eigenvalue weighted by Gasteiger charge is 2.59. The van der Waals surface area contributed by atoms with Gasteiger partial charge in [-0.15, -0.1) is 0 Å². The van der Waals surface area contributed by atoms with Crippen molar-refractivity contribution in [3.8, 4) is 0 Å². The fraction of sp³-hybridized carbons (Fsp3) is 0.967. The van der Waals surface area contributed by atoms with Gasteiger partial charge >= 0.3 is 0 Å². The van der Waals surface area contributed by atoms with Crippen molar-refractivity contribution in [3.63, 3.8) is 0 Å². The van der Waals surface area contributed by atoms with Crippen LogP contribution < -0.4 is 0 Å². The van der Waals surface area contributed by atoms with E-state index in [2.05, 4.69) is 34.6 Å². The molecular weight excluding hydrogens is 454 g/mol. The number of aliphatic hydroxyl groups is 1. The van der Waals surface area contributed by atoms with Gasteiger partial charge in [0.05, 0.1) is 12.7 Å². The topological polar surface area (TPSA) is 49.8 Å². The highest BCUT2D eigenvalue weighted by atomic mass is 32.2. The van der Waals surface area contributed by atoms with Gasteiger partial charge in [-0.1, -0.05) is 41.0 Å². The largest absolute Gasteiger partial charge is 0.393 e. The van der Waals surface area contributed by atoms with Crippen LogP contribution >= 0.6 is 12.0 Å². The van der Waals surface area contributed by atoms with Crippen LogP contribution in [0.25, 0.3) is 0 Å². The molecule has 1 saturated heterocycles. The number of nitrogens with zero attached hydrogens (tertiary/aromatic N) is 1. The first-order valence-electron chi connectivity index (χ1n) is 14.7. The van der Waals surface area contributed by atoms with Crippen molar-refractivity contribution in [1.82, 2.24) is 4.90 Å². The minimum atomic E-state index is -0.0467. The third kappa shape index (κ3) is 6.08. The summed E-state index contributed by atoms with van der Waals surface area (Å²) in [7, 11) is 0. The molecule has 35 heavy (non-hydrogen) atoms. The second kappa shape index (κ2) is 12.5. The molecule has 0 spiro atoms. The minimum Gasteiger partial charge on any atom is -0.393 e. The Kier molecular flexibility index (Phi) is 10.5. The Balaban J connectivity index is 0.000000497. The molecule has 4 nitrogen and oxygen atoms in total. The average molecular weight is 510 g/mol. The van der Waals surface area contributed by atoms with Gasteiger partial charge in [-0.05, 0) is 123 Å². The molecule has 8 atom stereocenters. The van der Waals surface area contributed by atoms with Crippen LogP contribution in [-0.4, -0.2) is 48.5 Å². The zero-order chi connectivity index (χ0) is 25.7. The number of aliphatic hydroxyl groups excluding tert-OH is 1. The normalized spacial score (nSPS) is 43.1. The molecule has 4 aliphatic rings. The van der Waals surface area contributed by atoms with Crippen LogP contribution in [0.1, 0.15) is 112 Å². The molecule has 1 N–H and O–H groups in total. The van der Waals surface area contributed by atoms with E-state index in [9.17, 15) is 9.90 Å². The fourth-order valence-electron chi connectivity index (χ4n) is 8.79. The van der Waals surface area contributed by atoms with E-state index in [1.54, 1.807) is 4.90 Å². The maximum atomic E-state index is 10.4. The Labute approximate surface area is 220 Å². The van der Waals surface area contributed by atoms with Crippen LogP contribution in [0.3, 0.4) is 0 Å². The van der Waals surface area contributed by atoms with Gasteiger partial charge in [-0.2, -0.15) is 0 Å². The molecule has 1 amide bonds. The SMILES string of the molecule is CC[C@H]1CC(C2(C)CC[C@H](CCCOSC)C2(C)CC)CC2(C)CC[C@@H](O)CC12.O=CN1CCC1. The monoisotopic (exact) mass is 509 g/mol. The third-order valence-electron chi connectivity index (χ3n) is 11.7. The molecule has 0 radical (unpaired) electrons. The number of likely N-dealkylation sites (tertiary alicyclic amines) is 1. The molecule has 5 heteroatoms. The predicted molar refractivity (Wildman–Crippen MR) is 148 cm³/mol. The van der Waals surface area contributed by atoms with Crippen molar-refractivity contribution >= 4 is 18.5 Å². The number of rotatable bonds is 9. The molecule has 4 rings (SSSR count). The zero-order valence-corrected chi connectivity index (χ0v) is 24.5. The highest BCUT2D eigenvalue weighted by Crippen LogP contribution is 2.68. The van der Waals surface area contributed by atoms with Crippen LogP contribution in [-0.2, 0) is 8.98 Å². The van der Waals surface area contributed by atoms with Crippen LogP contribution in [0.2, 0.25) is 0 Å². The first kappa shape index (κ1) is 29.3.